The molecule has 0 bridgehead atoms. The summed E-state index contributed by atoms with van der Waals surface area (Å²) in [5.74, 6) is 2.22. The van der Waals surface area contributed by atoms with Gasteiger partial charge in [-0.2, -0.15) is 0 Å². The first-order valence-corrected chi connectivity index (χ1v) is 11.5. The van der Waals surface area contributed by atoms with Crippen LogP contribution in [0.5, 0.6) is 11.5 Å². The molecule has 8 heteroatoms. The molecule has 1 N–H and O–H groups in total. The highest BCUT2D eigenvalue weighted by Gasteiger charge is 2.19. The van der Waals surface area contributed by atoms with Gasteiger partial charge in [0.05, 0.1) is 18.8 Å². The molecule has 1 amide bonds. The summed E-state index contributed by atoms with van der Waals surface area (Å²) in [5, 5.41) is 11.3. The second kappa shape index (κ2) is 10.9. The summed E-state index contributed by atoms with van der Waals surface area (Å²) in [7, 11) is 0. The van der Waals surface area contributed by atoms with E-state index in [-0.39, 0.29) is 18.1 Å². The van der Waals surface area contributed by atoms with Gasteiger partial charge in [0.1, 0.15) is 11.6 Å². The Morgan fingerprint density at radius 2 is 1.91 bits per heavy atom. The molecule has 4 rings (SSSR count). The molecule has 0 saturated carbocycles. The normalized spacial score (nSPS) is 13.2. The van der Waals surface area contributed by atoms with Crippen LogP contribution in [-0.4, -0.2) is 33.9 Å². The fourth-order valence-corrected chi connectivity index (χ4v) is 3.94. The number of anilines is 1. The number of para-hydroxylation sites is 2. The summed E-state index contributed by atoms with van der Waals surface area (Å²) in [6.07, 6.45) is 4.89. The van der Waals surface area contributed by atoms with Gasteiger partial charge < -0.3 is 19.4 Å². The second-order valence-corrected chi connectivity index (χ2v) is 7.98. The molecule has 0 saturated heterocycles. The van der Waals surface area contributed by atoms with Crippen LogP contribution < -0.4 is 14.8 Å². The van der Waals surface area contributed by atoms with E-state index in [1.54, 1.807) is 12.1 Å². The van der Waals surface area contributed by atoms with Gasteiger partial charge >= 0.3 is 0 Å². The van der Waals surface area contributed by atoms with Crippen molar-refractivity contribution >= 4 is 11.6 Å². The minimum atomic E-state index is -0.381. The van der Waals surface area contributed by atoms with Gasteiger partial charge in [-0.25, -0.2) is 4.39 Å². The summed E-state index contributed by atoms with van der Waals surface area (Å²) < 4.78 is 27.9. The Balaban J connectivity index is 1.34. The molecule has 0 atom stereocenters. The van der Waals surface area contributed by atoms with Crippen LogP contribution in [-0.2, 0) is 17.8 Å². The first-order valence-electron chi connectivity index (χ1n) is 11.5. The van der Waals surface area contributed by atoms with Crippen molar-refractivity contribution in [2.75, 3.05) is 18.5 Å². The number of rotatable bonds is 9. The molecule has 1 aliphatic rings. The van der Waals surface area contributed by atoms with Crippen LogP contribution in [0.3, 0.4) is 0 Å². The minimum absolute atomic E-state index is 0.158. The average Bonchev–Trinajstić information content (AvgIpc) is 3.06. The standard InChI is InChI=1S/C25H29FN4O3/c1-2-32-21-9-5-6-10-22(21)33-16-8-12-24(31)27-18-13-14-20(26)19(17-18)25-29-28-23-11-4-3-7-15-30(23)25/h5-6,9-10,13-14,17H,2-4,7-8,11-12,15-16H2,1H3,(H,27,31). The predicted molar refractivity (Wildman–Crippen MR) is 124 cm³/mol. The van der Waals surface area contributed by atoms with E-state index in [0.717, 1.165) is 38.1 Å². The minimum Gasteiger partial charge on any atom is -0.490 e. The molecule has 0 radical (unpaired) electrons. The second-order valence-electron chi connectivity index (χ2n) is 7.98. The molecule has 2 aromatic carbocycles. The maximum absolute atomic E-state index is 14.6. The Kier molecular flexibility index (Phi) is 7.55. The third kappa shape index (κ3) is 5.69. The van der Waals surface area contributed by atoms with E-state index in [1.165, 1.54) is 6.07 Å². The van der Waals surface area contributed by atoms with E-state index >= 15 is 0 Å². The number of carbonyl (C=O) groups is 1. The third-order valence-electron chi connectivity index (χ3n) is 5.56. The zero-order chi connectivity index (χ0) is 23.0. The first kappa shape index (κ1) is 22.8. The zero-order valence-corrected chi connectivity index (χ0v) is 18.8. The molecule has 0 fully saturated rings. The Morgan fingerprint density at radius 1 is 1.09 bits per heavy atom. The Bertz CT molecular complexity index is 1100. The molecule has 0 aliphatic carbocycles. The largest absolute Gasteiger partial charge is 0.490 e. The van der Waals surface area contributed by atoms with Crippen molar-refractivity contribution in [2.24, 2.45) is 0 Å². The van der Waals surface area contributed by atoms with Crippen molar-refractivity contribution in [2.45, 2.75) is 52.0 Å². The van der Waals surface area contributed by atoms with Gasteiger partial charge in [0.25, 0.3) is 0 Å². The SMILES string of the molecule is CCOc1ccccc1OCCCC(=O)Nc1ccc(F)c(-c2nnc3n2CCCCC3)c1. The molecule has 2 heterocycles. The molecule has 7 nitrogen and oxygen atoms in total. The van der Waals surface area contributed by atoms with Crippen LogP contribution in [0.25, 0.3) is 11.4 Å². The van der Waals surface area contributed by atoms with Gasteiger partial charge in [0.2, 0.25) is 5.91 Å². The van der Waals surface area contributed by atoms with Gasteiger partial charge in [0, 0.05) is 25.1 Å². The van der Waals surface area contributed by atoms with Gasteiger partial charge in [-0.3, -0.25) is 4.79 Å². The Hall–Kier alpha value is -3.42. The fourth-order valence-electron chi connectivity index (χ4n) is 3.94. The van der Waals surface area contributed by atoms with Gasteiger partial charge in [-0.15, -0.1) is 10.2 Å². The number of fused-ring (bicyclic) bond motifs is 1. The van der Waals surface area contributed by atoms with Crippen LogP contribution in [0.2, 0.25) is 0 Å². The molecule has 1 aromatic heterocycles. The zero-order valence-electron chi connectivity index (χ0n) is 18.8. The van der Waals surface area contributed by atoms with E-state index in [4.69, 9.17) is 9.47 Å². The van der Waals surface area contributed by atoms with E-state index in [2.05, 4.69) is 15.5 Å². The van der Waals surface area contributed by atoms with E-state index in [0.29, 0.717) is 48.2 Å². The molecule has 0 spiro atoms. The Labute approximate surface area is 192 Å². The highest BCUT2D eigenvalue weighted by molar-refractivity contribution is 5.91. The molecule has 0 unspecified atom stereocenters. The maximum Gasteiger partial charge on any atom is 0.224 e. The first-order chi connectivity index (χ1) is 16.2. The summed E-state index contributed by atoms with van der Waals surface area (Å²) >= 11 is 0. The monoisotopic (exact) mass is 452 g/mol. The highest BCUT2D eigenvalue weighted by Crippen LogP contribution is 2.28. The summed E-state index contributed by atoms with van der Waals surface area (Å²) in [6.45, 7) is 3.64. The number of ether oxygens (including phenoxy) is 2. The van der Waals surface area contributed by atoms with Gasteiger partial charge in [0.15, 0.2) is 17.3 Å². The summed E-state index contributed by atoms with van der Waals surface area (Å²) in [4.78, 5) is 12.4. The number of nitrogens with zero attached hydrogens (tertiary/aromatic N) is 3. The van der Waals surface area contributed by atoms with Crippen molar-refractivity contribution in [3.8, 4) is 22.9 Å². The fraction of sp³-hybridized carbons (Fsp3) is 0.400. The van der Waals surface area contributed by atoms with Crippen LogP contribution in [0.1, 0.15) is 44.9 Å². The maximum atomic E-state index is 14.6. The topological polar surface area (TPSA) is 78.3 Å². The number of halogens is 1. The van der Waals surface area contributed by atoms with Crippen LogP contribution in [0, 0.1) is 5.82 Å². The lowest BCUT2D eigenvalue weighted by atomic mass is 10.1. The van der Waals surface area contributed by atoms with E-state index in [9.17, 15) is 9.18 Å². The van der Waals surface area contributed by atoms with E-state index in [1.807, 2.05) is 35.8 Å². The molecule has 3 aromatic rings. The number of amides is 1. The van der Waals surface area contributed by atoms with Crippen molar-refractivity contribution in [3.05, 3.63) is 54.1 Å². The number of aromatic nitrogens is 3. The predicted octanol–water partition coefficient (Wildman–Crippen LogP) is 5.01. The number of carbonyl (C=O) groups excluding carboxylic acids is 1. The van der Waals surface area contributed by atoms with Crippen LogP contribution >= 0.6 is 0 Å². The van der Waals surface area contributed by atoms with Crippen LogP contribution in [0.15, 0.2) is 42.5 Å². The quantitative estimate of drug-likeness (QED) is 0.462. The number of hydrogen-bond acceptors (Lipinski definition) is 5. The molecule has 1 aliphatic heterocycles. The lowest BCUT2D eigenvalue weighted by molar-refractivity contribution is -0.116. The van der Waals surface area contributed by atoms with Gasteiger partial charge in [-0.05, 0) is 56.5 Å². The molecular formula is C25H29FN4O3. The van der Waals surface area contributed by atoms with E-state index < -0.39 is 0 Å². The number of hydrogen-bond donors (Lipinski definition) is 1. The average molecular weight is 453 g/mol. The van der Waals surface area contributed by atoms with Crippen molar-refractivity contribution in [1.29, 1.82) is 0 Å². The number of nitrogens with one attached hydrogen (secondary N) is 1. The number of aryl methyl sites for hydroxylation is 1. The molecule has 33 heavy (non-hydrogen) atoms. The molecular weight excluding hydrogens is 423 g/mol. The Morgan fingerprint density at radius 3 is 2.73 bits per heavy atom. The highest BCUT2D eigenvalue weighted by atomic mass is 19.1. The number of benzene rings is 2. The van der Waals surface area contributed by atoms with Gasteiger partial charge in [-0.1, -0.05) is 18.6 Å². The smallest absolute Gasteiger partial charge is 0.224 e. The van der Waals surface area contributed by atoms with Crippen molar-refractivity contribution < 1.29 is 18.7 Å². The third-order valence-corrected chi connectivity index (χ3v) is 5.56. The lowest BCUT2D eigenvalue weighted by Gasteiger charge is -2.12. The lowest BCUT2D eigenvalue weighted by Crippen LogP contribution is -2.13. The summed E-state index contributed by atoms with van der Waals surface area (Å²) in [5.41, 5.74) is 0.884. The van der Waals surface area contributed by atoms with Crippen molar-refractivity contribution in [3.63, 3.8) is 0 Å². The van der Waals surface area contributed by atoms with Crippen LogP contribution in [0.4, 0.5) is 10.1 Å². The van der Waals surface area contributed by atoms with Crippen molar-refractivity contribution in [1.82, 2.24) is 14.8 Å². The summed E-state index contributed by atoms with van der Waals surface area (Å²) in [6, 6.07) is 12.0. The molecule has 174 valence electrons.